The van der Waals surface area contributed by atoms with E-state index in [0.717, 1.165) is 50.1 Å². The first-order valence-corrected chi connectivity index (χ1v) is 11.0. The van der Waals surface area contributed by atoms with Gasteiger partial charge in [-0.25, -0.2) is 0 Å². The summed E-state index contributed by atoms with van der Waals surface area (Å²) in [6.07, 6.45) is 3.25. The Morgan fingerprint density at radius 3 is 2.38 bits per heavy atom. The number of nitrogens with one attached hydrogen (secondary N) is 1. The van der Waals surface area contributed by atoms with Crippen molar-refractivity contribution < 1.29 is 14.2 Å². The second kappa shape index (κ2) is 13.7. The summed E-state index contributed by atoms with van der Waals surface area (Å²) >= 11 is 12.7. The van der Waals surface area contributed by atoms with Gasteiger partial charge in [-0.15, -0.1) is 0 Å². The molecule has 0 fully saturated rings. The molecule has 0 amide bonds. The van der Waals surface area contributed by atoms with Crippen LogP contribution in [0.15, 0.2) is 36.4 Å². The van der Waals surface area contributed by atoms with Gasteiger partial charge in [0.15, 0.2) is 11.5 Å². The highest BCUT2D eigenvalue weighted by molar-refractivity contribution is 6.31. The Hall–Kier alpha value is -1.46. The van der Waals surface area contributed by atoms with Crippen LogP contribution in [0.3, 0.4) is 0 Å². The second-order valence-electron chi connectivity index (χ2n) is 6.70. The van der Waals surface area contributed by atoms with Crippen molar-refractivity contribution in [3.8, 4) is 11.5 Å². The van der Waals surface area contributed by atoms with Crippen molar-refractivity contribution in [1.82, 2.24) is 5.32 Å². The molecule has 2 aromatic carbocycles. The molecule has 0 aromatic heterocycles. The van der Waals surface area contributed by atoms with Crippen molar-refractivity contribution in [2.45, 2.75) is 46.3 Å². The maximum absolute atomic E-state index is 6.49. The van der Waals surface area contributed by atoms with E-state index in [2.05, 4.69) is 12.2 Å². The minimum Gasteiger partial charge on any atom is -0.490 e. The third-order valence-electron chi connectivity index (χ3n) is 4.35. The lowest BCUT2D eigenvalue weighted by molar-refractivity contribution is 0.129. The largest absolute Gasteiger partial charge is 0.490 e. The number of halogens is 2. The van der Waals surface area contributed by atoms with E-state index < -0.39 is 0 Å². The van der Waals surface area contributed by atoms with E-state index in [1.165, 1.54) is 0 Å². The molecule has 0 saturated heterocycles. The third kappa shape index (κ3) is 8.43. The van der Waals surface area contributed by atoms with Crippen molar-refractivity contribution in [2.24, 2.45) is 0 Å². The number of rotatable bonds is 14. The summed E-state index contributed by atoms with van der Waals surface area (Å²) < 4.78 is 17.3. The van der Waals surface area contributed by atoms with E-state index in [9.17, 15) is 0 Å². The Balaban J connectivity index is 1.90. The summed E-state index contributed by atoms with van der Waals surface area (Å²) in [6.45, 7) is 8.17. The molecule has 29 heavy (non-hydrogen) atoms. The van der Waals surface area contributed by atoms with Crippen LogP contribution in [0.4, 0.5) is 0 Å². The minimum absolute atomic E-state index is 0.353. The summed E-state index contributed by atoms with van der Waals surface area (Å²) in [7, 11) is 0. The van der Waals surface area contributed by atoms with E-state index in [1.807, 2.05) is 43.3 Å². The molecule has 4 nitrogen and oxygen atoms in total. The third-order valence-corrected chi connectivity index (χ3v) is 5.07. The van der Waals surface area contributed by atoms with E-state index in [4.69, 9.17) is 37.4 Å². The molecule has 0 atom stereocenters. The van der Waals surface area contributed by atoms with Gasteiger partial charge in [0.05, 0.1) is 6.61 Å². The zero-order chi connectivity index (χ0) is 20.9. The highest BCUT2D eigenvalue weighted by atomic mass is 35.5. The lowest BCUT2D eigenvalue weighted by Crippen LogP contribution is -2.17. The van der Waals surface area contributed by atoms with Crippen molar-refractivity contribution in [3.63, 3.8) is 0 Å². The molecule has 2 aromatic rings. The maximum atomic E-state index is 6.49. The fraction of sp³-hybridized carbons (Fsp3) is 0.478. The quantitative estimate of drug-likeness (QED) is 0.352. The molecule has 0 bridgehead atoms. The van der Waals surface area contributed by atoms with Gasteiger partial charge in [0.1, 0.15) is 6.61 Å². The second-order valence-corrected chi connectivity index (χ2v) is 7.51. The van der Waals surface area contributed by atoms with Crippen LogP contribution in [-0.2, 0) is 17.9 Å². The van der Waals surface area contributed by atoms with Gasteiger partial charge in [-0.2, -0.15) is 0 Å². The van der Waals surface area contributed by atoms with Gasteiger partial charge in [-0.1, -0.05) is 54.7 Å². The Morgan fingerprint density at radius 2 is 1.62 bits per heavy atom. The molecule has 0 saturated carbocycles. The van der Waals surface area contributed by atoms with Gasteiger partial charge in [0.2, 0.25) is 0 Å². The molecule has 160 valence electrons. The van der Waals surface area contributed by atoms with Crippen LogP contribution in [0, 0.1) is 0 Å². The van der Waals surface area contributed by atoms with Crippen LogP contribution in [0.2, 0.25) is 10.0 Å². The van der Waals surface area contributed by atoms with Gasteiger partial charge in [-0.3, -0.25) is 0 Å². The standard InChI is InChI=1S/C23H31Cl2NO3/c1-3-5-12-27-13-8-11-26-16-19-14-22(28-4-2)23(15-21(19)25)29-17-18-9-6-7-10-20(18)24/h6-7,9-10,14-15,26H,3-5,8,11-13,16-17H2,1-2H3. The molecular weight excluding hydrogens is 409 g/mol. The van der Waals surface area contributed by atoms with Gasteiger partial charge in [-0.05, 0) is 44.0 Å². The number of hydrogen-bond acceptors (Lipinski definition) is 4. The van der Waals surface area contributed by atoms with E-state index in [0.29, 0.717) is 41.3 Å². The molecule has 0 heterocycles. The number of benzene rings is 2. The van der Waals surface area contributed by atoms with Crippen LogP contribution in [0.1, 0.15) is 44.2 Å². The van der Waals surface area contributed by atoms with Crippen molar-refractivity contribution in [1.29, 1.82) is 0 Å². The SMILES string of the molecule is CCCCOCCCNCc1cc(OCC)c(OCc2ccccc2Cl)cc1Cl. The molecule has 0 aliphatic heterocycles. The lowest BCUT2D eigenvalue weighted by atomic mass is 10.2. The normalized spacial score (nSPS) is 10.9. The first kappa shape index (κ1) is 23.8. The minimum atomic E-state index is 0.353. The van der Waals surface area contributed by atoms with Crippen molar-refractivity contribution >= 4 is 23.2 Å². The van der Waals surface area contributed by atoms with Crippen LogP contribution in [0.25, 0.3) is 0 Å². The Bertz CT molecular complexity index is 740. The predicted octanol–water partition coefficient (Wildman–Crippen LogP) is 6.27. The molecule has 2 rings (SSSR count). The van der Waals surface area contributed by atoms with Crippen molar-refractivity contribution in [2.75, 3.05) is 26.4 Å². The highest BCUT2D eigenvalue weighted by Gasteiger charge is 2.12. The molecule has 0 aliphatic carbocycles. The van der Waals surface area contributed by atoms with Crippen LogP contribution < -0.4 is 14.8 Å². The maximum Gasteiger partial charge on any atom is 0.163 e. The smallest absolute Gasteiger partial charge is 0.163 e. The van der Waals surface area contributed by atoms with Gasteiger partial charge < -0.3 is 19.5 Å². The number of ether oxygens (including phenoxy) is 3. The topological polar surface area (TPSA) is 39.7 Å². The fourth-order valence-electron chi connectivity index (χ4n) is 2.74. The van der Waals surface area contributed by atoms with E-state index >= 15 is 0 Å². The van der Waals surface area contributed by atoms with Gasteiger partial charge >= 0.3 is 0 Å². The molecule has 0 radical (unpaired) electrons. The van der Waals surface area contributed by atoms with Gasteiger partial charge in [0.25, 0.3) is 0 Å². The summed E-state index contributed by atoms with van der Waals surface area (Å²) in [5, 5.41) is 4.73. The van der Waals surface area contributed by atoms with Gasteiger partial charge in [0, 0.05) is 41.4 Å². The first-order chi connectivity index (χ1) is 14.2. The van der Waals surface area contributed by atoms with Crippen LogP contribution in [-0.4, -0.2) is 26.4 Å². The molecule has 0 unspecified atom stereocenters. The number of unbranched alkanes of at least 4 members (excludes halogenated alkanes) is 1. The summed E-state index contributed by atoms with van der Waals surface area (Å²) in [4.78, 5) is 0. The monoisotopic (exact) mass is 439 g/mol. The Kier molecular flexibility index (Phi) is 11.3. The summed E-state index contributed by atoms with van der Waals surface area (Å²) in [5.41, 5.74) is 1.90. The molecule has 1 N–H and O–H groups in total. The molecule has 6 heteroatoms. The van der Waals surface area contributed by atoms with Crippen LogP contribution in [0.5, 0.6) is 11.5 Å². The van der Waals surface area contributed by atoms with E-state index in [-0.39, 0.29) is 0 Å². The Morgan fingerprint density at radius 1 is 0.862 bits per heavy atom. The number of hydrogen-bond donors (Lipinski definition) is 1. The van der Waals surface area contributed by atoms with Crippen molar-refractivity contribution in [3.05, 3.63) is 57.6 Å². The van der Waals surface area contributed by atoms with E-state index in [1.54, 1.807) is 0 Å². The fourth-order valence-corrected chi connectivity index (χ4v) is 3.15. The predicted molar refractivity (Wildman–Crippen MR) is 120 cm³/mol. The first-order valence-electron chi connectivity index (χ1n) is 10.3. The summed E-state index contributed by atoms with van der Waals surface area (Å²) in [6, 6.07) is 11.4. The molecule has 0 aliphatic rings. The lowest BCUT2D eigenvalue weighted by Gasteiger charge is -2.16. The van der Waals surface area contributed by atoms with Crippen LogP contribution >= 0.6 is 23.2 Å². The molecule has 0 spiro atoms. The highest BCUT2D eigenvalue weighted by Crippen LogP contribution is 2.34. The molecular formula is C23H31Cl2NO3. The average molecular weight is 440 g/mol. The average Bonchev–Trinajstić information content (AvgIpc) is 2.72. The zero-order valence-electron chi connectivity index (χ0n) is 17.3. The Labute approximate surface area is 184 Å². The zero-order valence-corrected chi connectivity index (χ0v) is 18.8. The summed E-state index contributed by atoms with van der Waals surface area (Å²) in [5.74, 6) is 1.30.